The van der Waals surface area contributed by atoms with Gasteiger partial charge in [-0.05, 0) is 49.4 Å². The number of aromatic nitrogens is 2. The Bertz CT molecular complexity index is 975. The minimum Gasteiger partial charge on any atom is -0.484 e. The average Bonchev–Trinajstić information content (AvgIpc) is 3.19. The van der Waals surface area contributed by atoms with E-state index in [-0.39, 0.29) is 17.4 Å². The molecule has 0 saturated carbocycles. The van der Waals surface area contributed by atoms with Gasteiger partial charge in [-0.1, -0.05) is 11.6 Å². The van der Waals surface area contributed by atoms with E-state index >= 15 is 0 Å². The zero-order chi connectivity index (χ0) is 18.7. The molecule has 3 rings (SSSR count). The molecule has 0 fully saturated rings. The Morgan fingerprint density at radius 3 is 2.88 bits per heavy atom. The van der Waals surface area contributed by atoms with Crippen LogP contribution in [-0.4, -0.2) is 15.6 Å². The van der Waals surface area contributed by atoms with Gasteiger partial charge < -0.3 is 9.15 Å². The van der Waals surface area contributed by atoms with E-state index < -0.39 is 5.82 Å². The number of aryl methyl sites for hydroxylation is 1. The van der Waals surface area contributed by atoms with Gasteiger partial charge in [-0.2, -0.15) is 5.10 Å². The molecule has 26 heavy (non-hydrogen) atoms. The number of hydrogen-bond acceptors (Lipinski definition) is 4. The van der Waals surface area contributed by atoms with E-state index in [0.29, 0.717) is 22.8 Å². The molecule has 0 N–H and O–H groups in total. The number of furan rings is 1. The number of hydrogen-bond donors (Lipinski definition) is 0. The summed E-state index contributed by atoms with van der Waals surface area (Å²) in [6.45, 7) is 1.96. The first-order valence-corrected chi connectivity index (χ1v) is 8.19. The van der Waals surface area contributed by atoms with Crippen molar-refractivity contribution in [2.24, 2.45) is 7.05 Å². The first-order valence-electron chi connectivity index (χ1n) is 7.81. The van der Waals surface area contributed by atoms with Crippen LogP contribution in [0, 0.1) is 12.7 Å². The number of ether oxygens (including phenoxy) is 1. The van der Waals surface area contributed by atoms with Gasteiger partial charge in [0.25, 0.3) is 0 Å². The van der Waals surface area contributed by atoms with Crippen LogP contribution in [0.1, 0.15) is 27.6 Å². The summed E-state index contributed by atoms with van der Waals surface area (Å²) in [5, 5.41) is 4.24. The van der Waals surface area contributed by atoms with Crippen LogP contribution in [0.15, 0.2) is 47.0 Å². The van der Waals surface area contributed by atoms with Crippen LogP contribution in [0.4, 0.5) is 4.39 Å². The lowest BCUT2D eigenvalue weighted by atomic mass is 10.1. The second-order valence-corrected chi connectivity index (χ2v) is 6.04. The molecule has 3 aromatic rings. The molecule has 2 aromatic heterocycles. The summed E-state index contributed by atoms with van der Waals surface area (Å²) >= 11 is 5.91. The Morgan fingerprint density at radius 2 is 2.19 bits per heavy atom. The summed E-state index contributed by atoms with van der Waals surface area (Å²) in [6, 6.07) is 7.36. The highest BCUT2D eigenvalue weighted by Gasteiger charge is 2.10. The number of ketones is 1. The van der Waals surface area contributed by atoms with E-state index in [2.05, 4.69) is 5.10 Å². The first kappa shape index (κ1) is 17.9. The zero-order valence-electron chi connectivity index (χ0n) is 14.2. The van der Waals surface area contributed by atoms with Crippen molar-refractivity contribution in [1.29, 1.82) is 0 Å². The van der Waals surface area contributed by atoms with E-state index in [1.54, 1.807) is 29.9 Å². The number of halogens is 2. The fourth-order valence-corrected chi connectivity index (χ4v) is 2.51. The molecule has 7 heteroatoms. The molecule has 0 saturated heterocycles. The highest BCUT2D eigenvalue weighted by atomic mass is 35.5. The van der Waals surface area contributed by atoms with Crippen LogP contribution >= 0.6 is 11.6 Å². The number of nitrogens with zero attached hydrogens (tertiary/aromatic N) is 2. The number of benzene rings is 1. The molecular weight excluding hydrogens is 359 g/mol. The molecule has 134 valence electrons. The predicted molar refractivity (Wildman–Crippen MR) is 95.8 cm³/mol. The topological polar surface area (TPSA) is 57.3 Å². The zero-order valence-corrected chi connectivity index (χ0v) is 15.0. The van der Waals surface area contributed by atoms with Crippen LogP contribution in [0.5, 0.6) is 5.75 Å². The molecule has 0 aliphatic rings. The molecule has 0 aliphatic carbocycles. The quantitative estimate of drug-likeness (QED) is 0.467. The largest absolute Gasteiger partial charge is 0.484 e. The van der Waals surface area contributed by atoms with Crippen LogP contribution < -0.4 is 4.74 Å². The van der Waals surface area contributed by atoms with Crippen molar-refractivity contribution in [1.82, 2.24) is 9.78 Å². The molecule has 2 heterocycles. The van der Waals surface area contributed by atoms with Gasteiger partial charge in [0.1, 0.15) is 29.7 Å². The predicted octanol–water partition coefficient (Wildman–Crippen LogP) is 4.59. The van der Waals surface area contributed by atoms with Gasteiger partial charge >= 0.3 is 0 Å². The molecule has 0 unspecified atom stereocenters. The second kappa shape index (κ2) is 7.58. The lowest BCUT2D eigenvalue weighted by Crippen LogP contribution is -1.98. The fraction of sp³-hybridized carbons (Fsp3) is 0.158. The SMILES string of the molecule is Cc1c(C(=O)/C=C\c2ccc(COc3ccc(F)cc3Cl)o2)cnn1C. The molecule has 0 amide bonds. The van der Waals surface area contributed by atoms with Gasteiger partial charge in [0.05, 0.1) is 16.8 Å². The maximum Gasteiger partial charge on any atom is 0.189 e. The van der Waals surface area contributed by atoms with Gasteiger partial charge in [-0.15, -0.1) is 0 Å². The molecule has 0 aliphatic heterocycles. The van der Waals surface area contributed by atoms with E-state index in [0.717, 1.165) is 5.69 Å². The Morgan fingerprint density at radius 1 is 1.38 bits per heavy atom. The first-order chi connectivity index (χ1) is 12.4. The van der Waals surface area contributed by atoms with Crippen LogP contribution in [0.3, 0.4) is 0 Å². The second-order valence-electron chi connectivity index (χ2n) is 5.63. The highest BCUT2D eigenvalue weighted by molar-refractivity contribution is 6.32. The van der Waals surface area contributed by atoms with Crippen molar-refractivity contribution in [3.63, 3.8) is 0 Å². The molecule has 1 aromatic carbocycles. The van der Waals surface area contributed by atoms with E-state index in [1.165, 1.54) is 30.5 Å². The Balaban J connectivity index is 1.62. The number of rotatable bonds is 6. The monoisotopic (exact) mass is 374 g/mol. The third kappa shape index (κ3) is 4.03. The standard InChI is InChI=1S/C19H16ClFN2O3/c1-12-16(10-22-23(12)2)18(24)7-6-14-4-5-15(26-14)11-25-19-8-3-13(21)9-17(19)20/h3-10H,11H2,1-2H3/b7-6-. The minimum atomic E-state index is -0.429. The summed E-state index contributed by atoms with van der Waals surface area (Å²) in [7, 11) is 1.78. The molecule has 0 bridgehead atoms. The molecule has 5 nitrogen and oxygen atoms in total. The maximum absolute atomic E-state index is 13.0. The van der Waals surface area contributed by atoms with Crippen LogP contribution in [0.25, 0.3) is 6.08 Å². The normalized spacial score (nSPS) is 11.2. The van der Waals surface area contributed by atoms with Gasteiger partial charge in [0.15, 0.2) is 5.78 Å². The Hall–Kier alpha value is -2.86. The number of carbonyl (C=O) groups is 1. The van der Waals surface area contributed by atoms with E-state index in [9.17, 15) is 9.18 Å². The van der Waals surface area contributed by atoms with Crippen molar-refractivity contribution < 1.29 is 18.3 Å². The third-order valence-electron chi connectivity index (χ3n) is 3.85. The lowest BCUT2D eigenvalue weighted by Gasteiger charge is -2.05. The average molecular weight is 375 g/mol. The van der Waals surface area contributed by atoms with Gasteiger partial charge in [0.2, 0.25) is 0 Å². The summed E-state index contributed by atoms with van der Waals surface area (Å²) in [4.78, 5) is 12.2. The molecular formula is C19H16ClFN2O3. The Labute approximate surface area is 154 Å². The van der Waals surface area contributed by atoms with Crippen LogP contribution in [-0.2, 0) is 13.7 Å². The maximum atomic E-state index is 13.0. The summed E-state index contributed by atoms with van der Waals surface area (Å²) in [5.41, 5.74) is 1.34. The summed E-state index contributed by atoms with van der Waals surface area (Å²) in [6.07, 6.45) is 4.56. The Kier molecular flexibility index (Phi) is 5.23. The van der Waals surface area contributed by atoms with Gasteiger partial charge in [-0.25, -0.2) is 4.39 Å². The van der Waals surface area contributed by atoms with E-state index in [4.69, 9.17) is 20.8 Å². The van der Waals surface area contributed by atoms with Crippen LogP contribution in [0.2, 0.25) is 5.02 Å². The third-order valence-corrected chi connectivity index (χ3v) is 4.14. The summed E-state index contributed by atoms with van der Waals surface area (Å²) < 4.78 is 25.8. The van der Waals surface area contributed by atoms with E-state index in [1.807, 2.05) is 6.92 Å². The smallest absolute Gasteiger partial charge is 0.189 e. The molecule has 0 atom stereocenters. The van der Waals surface area contributed by atoms with Gasteiger partial charge in [0, 0.05) is 12.7 Å². The molecule has 0 radical (unpaired) electrons. The summed E-state index contributed by atoms with van der Waals surface area (Å²) in [5.74, 6) is 0.853. The number of carbonyl (C=O) groups excluding carboxylic acids is 1. The van der Waals surface area contributed by atoms with Gasteiger partial charge in [-0.3, -0.25) is 9.48 Å². The van der Waals surface area contributed by atoms with Crippen molar-refractivity contribution in [2.75, 3.05) is 0 Å². The minimum absolute atomic E-state index is 0.134. The van der Waals surface area contributed by atoms with Crippen molar-refractivity contribution in [3.05, 3.63) is 76.2 Å². The highest BCUT2D eigenvalue weighted by Crippen LogP contribution is 2.26. The fourth-order valence-electron chi connectivity index (χ4n) is 2.29. The number of allylic oxidation sites excluding steroid dienone is 1. The van der Waals surface area contributed by atoms with Crippen molar-refractivity contribution >= 4 is 23.5 Å². The van der Waals surface area contributed by atoms with Crippen molar-refractivity contribution in [2.45, 2.75) is 13.5 Å². The lowest BCUT2D eigenvalue weighted by molar-refractivity contribution is 0.104. The molecule has 0 spiro atoms. The van der Waals surface area contributed by atoms with Crippen molar-refractivity contribution in [3.8, 4) is 5.75 Å².